The third-order valence-electron chi connectivity index (χ3n) is 1.71. The van der Waals surface area contributed by atoms with E-state index in [0.717, 1.165) is 12.2 Å². The van der Waals surface area contributed by atoms with Crippen molar-refractivity contribution in [2.75, 3.05) is 18.5 Å². The van der Waals surface area contributed by atoms with Gasteiger partial charge in [-0.2, -0.15) is 0 Å². The molecule has 0 aliphatic carbocycles. The Bertz CT molecular complexity index is 282. The van der Waals surface area contributed by atoms with Crippen LogP contribution in [0.5, 0.6) is 0 Å². The molecule has 0 fully saturated rings. The minimum absolute atomic E-state index is 0.394. The van der Waals surface area contributed by atoms with Crippen molar-refractivity contribution in [3.8, 4) is 0 Å². The van der Waals surface area contributed by atoms with Gasteiger partial charge in [0.05, 0.1) is 0 Å². The summed E-state index contributed by atoms with van der Waals surface area (Å²) in [6.45, 7) is 2.91. The van der Waals surface area contributed by atoms with Crippen LogP contribution in [0.25, 0.3) is 0 Å². The first kappa shape index (κ1) is 9.06. The van der Waals surface area contributed by atoms with E-state index in [0.29, 0.717) is 4.88 Å². The monoisotopic (exact) mass is 185 g/mol. The molecule has 0 bridgehead atoms. The topological polar surface area (TPSA) is 40.5 Å². The van der Waals surface area contributed by atoms with Crippen molar-refractivity contribution in [1.29, 1.82) is 0 Å². The lowest BCUT2D eigenvalue weighted by molar-refractivity contribution is 0.0702. The Morgan fingerprint density at radius 3 is 2.83 bits per heavy atom. The normalized spacial score (nSPS) is 9.83. The number of anilines is 1. The molecule has 12 heavy (non-hydrogen) atoms. The maximum absolute atomic E-state index is 10.5. The number of hydrogen-bond donors (Lipinski definition) is 1. The molecule has 0 aliphatic heterocycles. The van der Waals surface area contributed by atoms with Gasteiger partial charge in [0.15, 0.2) is 0 Å². The fourth-order valence-corrected chi connectivity index (χ4v) is 1.61. The average molecular weight is 185 g/mol. The molecule has 66 valence electrons. The van der Waals surface area contributed by atoms with Gasteiger partial charge in [-0.3, -0.25) is 0 Å². The van der Waals surface area contributed by atoms with Crippen LogP contribution in [-0.2, 0) is 0 Å². The average Bonchev–Trinajstić information content (AvgIpc) is 2.51. The molecule has 0 unspecified atom stereocenters. The molecule has 0 aromatic carbocycles. The minimum atomic E-state index is -0.851. The Morgan fingerprint density at radius 1 is 1.75 bits per heavy atom. The number of carboxylic acid groups (broad SMARTS) is 1. The van der Waals surface area contributed by atoms with E-state index in [4.69, 9.17) is 5.11 Å². The molecule has 3 nitrogen and oxygen atoms in total. The number of carbonyl (C=O) groups is 1. The van der Waals surface area contributed by atoms with Gasteiger partial charge >= 0.3 is 5.97 Å². The zero-order valence-electron chi connectivity index (χ0n) is 7.07. The molecule has 1 aromatic heterocycles. The lowest BCUT2D eigenvalue weighted by Crippen LogP contribution is -2.14. The third-order valence-corrected chi connectivity index (χ3v) is 2.62. The first-order chi connectivity index (χ1) is 5.65. The molecule has 0 radical (unpaired) electrons. The van der Waals surface area contributed by atoms with Crippen LogP contribution in [0.1, 0.15) is 16.6 Å². The van der Waals surface area contributed by atoms with Crippen LogP contribution in [0.15, 0.2) is 11.4 Å². The summed E-state index contributed by atoms with van der Waals surface area (Å²) in [6, 6.07) is 1.69. The Balaban J connectivity index is 2.84. The zero-order valence-corrected chi connectivity index (χ0v) is 7.89. The number of thiophene rings is 1. The highest BCUT2D eigenvalue weighted by molar-refractivity contribution is 7.12. The Morgan fingerprint density at radius 2 is 2.42 bits per heavy atom. The fraction of sp³-hybridized carbons (Fsp3) is 0.375. The molecule has 0 saturated carbocycles. The molecule has 0 spiro atoms. The number of aromatic carboxylic acids is 1. The Labute approximate surface area is 75.2 Å². The molecule has 0 atom stereocenters. The van der Waals surface area contributed by atoms with Crippen LogP contribution in [0, 0.1) is 0 Å². The van der Waals surface area contributed by atoms with E-state index in [2.05, 4.69) is 0 Å². The highest BCUT2D eigenvalue weighted by atomic mass is 32.1. The number of carboxylic acids is 1. The highest BCUT2D eigenvalue weighted by Gasteiger charge is 2.07. The predicted molar refractivity (Wildman–Crippen MR) is 50.2 cm³/mol. The Kier molecular flexibility index (Phi) is 2.70. The van der Waals surface area contributed by atoms with E-state index in [1.165, 1.54) is 11.3 Å². The molecule has 0 amide bonds. The van der Waals surface area contributed by atoms with E-state index in [1.807, 2.05) is 24.3 Å². The predicted octanol–water partition coefficient (Wildman–Crippen LogP) is 1.90. The van der Waals surface area contributed by atoms with Gasteiger partial charge in [0.2, 0.25) is 0 Å². The summed E-state index contributed by atoms with van der Waals surface area (Å²) in [6.07, 6.45) is 0. The second-order valence-electron chi connectivity index (χ2n) is 2.49. The fourth-order valence-electron chi connectivity index (χ4n) is 0.821. The van der Waals surface area contributed by atoms with Gasteiger partial charge in [-0.25, -0.2) is 4.79 Å². The highest BCUT2D eigenvalue weighted by Crippen LogP contribution is 2.21. The lowest BCUT2D eigenvalue weighted by Gasteiger charge is -2.13. The molecule has 1 heterocycles. The van der Waals surface area contributed by atoms with E-state index >= 15 is 0 Å². The number of nitrogens with zero attached hydrogens (tertiary/aromatic N) is 1. The van der Waals surface area contributed by atoms with Gasteiger partial charge in [0.25, 0.3) is 0 Å². The van der Waals surface area contributed by atoms with Gasteiger partial charge in [-0.05, 0) is 13.0 Å². The smallest absolute Gasteiger partial charge is 0.345 e. The molecule has 1 rings (SSSR count). The molecule has 1 aromatic rings. The molecular formula is C8H11NO2S. The third kappa shape index (κ3) is 1.76. The van der Waals surface area contributed by atoms with E-state index in [9.17, 15) is 4.79 Å². The number of rotatable bonds is 3. The summed E-state index contributed by atoms with van der Waals surface area (Å²) >= 11 is 1.26. The van der Waals surface area contributed by atoms with Crippen LogP contribution < -0.4 is 4.90 Å². The van der Waals surface area contributed by atoms with Crippen molar-refractivity contribution in [2.45, 2.75) is 6.92 Å². The largest absolute Gasteiger partial charge is 0.477 e. The summed E-state index contributed by atoms with van der Waals surface area (Å²) in [5.41, 5.74) is 0.972. The van der Waals surface area contributed by atoms with Crippen LogP contribution in [0.4, 0.5) is 5.69 Å². The standard InChI is InChI=1S/C8H11NO2S/c1-3-9(2)6-4-7(8(10)11)12-5-6/h4-5H,3H2,1-2H3,(H,10,11). The van der Waals surface area contributed by atoms with Gasteiger partial charge in [0.1, 0.15) is 4.88 Å². The summed E-state index contributed by atoms with van der Waals surface area (Å²) in [4.78, 5) is 12.9. The van der Waals surface area contributed by atoms with Gasteiger partial charge in [0, 0.05) is 24.7 Å². The number of hydrogen-bond acceptors (Lipinski definition) is 3. The lowest BCUT2D eigenvalue weighted by atomic mass is 10.4. The SMILES string of the molecule is CCN(C)c1csc(C(=O)O)c1. The van der Waals surface area contributed by atoms with Crippen LogP contribution in [-0.4, -0.2) is 24.7 Å². The summed E-state index contributed by atoms with van der Waals surface area (Å²) < 4.78 is 0. The molecule has 0 saturated heterocycles. The molecular weight excluding hydrogens is 174 g/mol. The van der Waals surface area contributed by atoms with Gasteiger partial charge < -0.3 is 10.0 Å². The first-order valence-electron chi connectivity index (χ1n) is 3.68. The van der Waals surface area contributed by atoms with E-state index < -0.39 is 5.97 Å². The Hall–Kier alpha value is -1.03. The van der Waals surface area contributed by atoms with Gasteiger partial charge in [-0.15, -0.1) is 11.3 Å². The molecule has 4 heteroatoms. The van der Waals surface area contributed by atoms with E-state index in [-0.39, 0.29) is 0 Å². The van der Waals surface area contributed by atoms with Crippen molar-refractivity contribution in [3.05, 3.63) is 16.3 Å². The van der Waals surface area contributed by atoms with Crippen molar-refractivity contribution in [2.24, 2.45) is 0 Å². The van der Waals surface area contributed by atoms with Crippen molar-refractivity contribution < 1.29 is 9.90 Å². The quantitative estimate of drug-likeness (QED) is 0.782. The summed E-state index contributed by atoms with van der Waals surface area (Å²) in [5, 5.41) is 10.5. The van der Waals surface area contributed by atoms with E-state index in [1.54, 1.807) is 6.07 Å². The molecule has 0 aliphatic rings. The van der Waals surface area contributed by atoms with Crippen molar-refractivity contribution in [1.82, 2.24) is 0 Å². The van der Waals surface area contributed by atoms with Gasteiger partial charge in [-0.1, -0.05) is 0 Å². The maximum Gasteiger partial charge on any atom is 0.345 e. The summed E-state index contributed by atoms with van der Waals surface area (Å²) in [5.74, 6) is -0.851. The second kappa shape index (κ2) is 3.58. The van der Waals surface area contributed by atoms with Crippen LogP contribution >= 0.6 is 11.3 Å². The van der Waals surface area contributed by atoms with Crippen LogP contribution in [0.3, 0.4) is 0 Å². The molecule has 1 N–H and O–H groups in total. The van der Waals surface area contributed by atoms with Crippen molar-refractivity contribution >= 4 is 23.0 Å². The van der Waals surface area contributed by atoms with Crippen LogP contribution in [0.2, 0.25) is 0 Å². The first-order valence-corrected chi connectivity index (χ1v) is 4.56. The maximum atomic E-state index is 10.5. The second-order valence-corrected chi connectivity index (χ2v) is 3.40. The zero-order chi connectivity index (χ0) is 9.14. The summed E-state index contributed by atoms with van der Waals surface area (Å²) in [7, 11) is 1.94. The van der Waals surface area contributed by atoms with Crippen molar-refractivity contribution in [3.63, 3.8) is 0 Å². The minimum Gasteiger partial charge on any atom is -0.477 e.